The van der Waals surface area contributed by atoms with Crippen molar-refractivity contribution in [3.63, 3.8) is 0 Å². The predicted molar refractivity (Wildman–Crippen MR) is 104 cm³/mol. The molecule has 0 spiro atoms. The average molecular weight is 372 g/mol. The fraction of sp³-hybridized carbons (Fsp3) is 0.400. The molecule has 1 aliphatic heterocycles. The molecule has 27 heavy (non-hydrogen) atoms. The van der Waals surface area contributed by atoms with E-state index in [2.05, 4.69) is 9.88 Å². The van der Waals surface area contributed by atoms with E-state index in [1.165, 1.54) is 6.07 Å². The third kappa shape index (κ3) is 4.67. The highest BCUT2D eigenvalue weighted by atomic mass is 19.1. The lowest BCUT2D eigenvalue weighted by Gasteiger charge is -2.36. The number of pyridine rings is 1. The van der Waals surface area contributed by atoms with Crippen LogP contribution in [-0.2, 0) is 4.74 Å². The second-order valence-electron chi connectivity index (χ2n) is 7.60. The summed E-state index contributed by atoms with van der Waals surface area (Å²) in [6.07, 6.45) is 1.44. The number of carbonyl (C=O) groups excluding carboxylic acids is 1. The number of hydrogen-bond donors (Lipinski definition) is 1. The van der Waals surface area contributed by atoms with E-state index in [0.29, 0.717) is 26.2 Å². The van der Waals surface area contributed by atoms with Crippen molar-refractivity contribution in [2.75, 3.05) is 36.8 Å². The third-order valence-electron chi connectivity index (χ3n) is 4.34. The van der Waals surface area contributed by atoms with Gasteiger partial charge in [0.25, 0.3) is 0 Å². The Morgan fingerprint density at radius 1 is 1.11 bits per heavy atom. The number of amides is 1. The van der Waals surface area contributed by atoms with E-state index in [0.717, 1.165) is 16.9 Å². The van der Waals surface area contributed by atoms with E-state index in [-0.39, 0.29) is 11.8 Å². The van der Waals surface area contributed by atoms with E-state index in [9.17, 15) is 9.18 Å². The first-order valence-electron chi connectivity index (χ1n) is 8.97. The smallest absolute Gasteiger partial charge is 0.410 e. The first-order chi connectivity index (χ1) is 12.7. The summed E-state index contributed by atoms with van der Waals surface area (Å²) in [6, 6.07) is 8.55. The number of halogens is 1. The summed E-state index contributed by atoms with van der Waals surface area (Å²) in [4.78, 5) is 20.5. The molecule has 1 saturated heterocycles. The first-order valence-corrected chi connectivity index (χ1v) is 8.97. The van der Waals surface area contributed by atoms with Crippen LogP contribution >= 0.6 is 0 Å². The first kappa shape index (κ1) is 18.9. The van der Waals surface area contributed by atoms with Gasteiger partial charge in [-0.25, -0.2) is 14.2 Å². The van der Waals surface area contributed by atoms with Crippen LogP contribution in [0, 0.1) is 5.82 Å². The van der Waals surface area contributed by atoms with Crippen LogP contribution < -0.4 is 10.6 Å². The fourth-order valence-corrected chi connectivity index (χ4v) is 2.90. The zero-order chi connectivity index (χ0) is 19.6. The van der Waals surface area contributed by atoms with Gasteiger partial charge >= 0.3 is 6.09 Å². The summed E-state index contributed by atoms with van der Waals surface area (Å²) >= 11 is 0. The maximum atomic E-state index is 13.6. The van der Waals surface area contributed by atoms with Crippen LogP contribution in [-0.4, -0.2) is 47.8 Å². The van der Waals surface area contributed by atoms with E-state index in [1.807, 2.05) is 32.9 Å². The topological polar surface area (TPSA) is 71.7 Å². The average Bonchev–Trinajstić information content (AvgIpc) is 2.63. The van der Waals surface area contributed by atoms with Gasteiger partial charge in [0, 0.05) is 37.9 Å². The number of aromatic nitrogens is 1. The quantitative estimate of drug-likeness (QED) is 0.817. The lowest BCUT2D eigenvalue weighted by molar-refractivity contribution is 0.0240. The van der Waals surface area contributed by atoms with Crippen molar-refractivity contribution in [2.45, 2.75) is 26.4 Å². The molecule has 2 aromatic rings. The standard InChI is InChI=1S/C20H25FN4O2/c1-20(2,3)27-19(26)25-10-8-24(9-11-25)18-7-5-15(13-23-18)14-4-6-17(22)16(21)12-14/h4-7,12-13H,8-11,22H2,1-3H3. The molecule has 0 radical (unpaired) electrons. The minimum atomic E-state index is -0.493. The highest BCUT2D eigenvalue weighted by molar-refractivity contribution is 5.69. The molecule has 144 valence electrons. The molecule has 0 atom stereocenters. The van der Waals surface area contributed by atoms with Crippen molar-refractivity contribution in [3.8, 4) is 11.1 Å². The predicted octanol–water partition coefficient (Wildman–Crippen LogP) is 3.53. The zero-order valence-electron chi connectivity index (χ0n) is 15.9. The van der Waals surface area contributed by atoms with Gasteiger partial charge in [-0.1, -0.05) is 6.07 Å². The summed E-state index contributed by atoms with van der Waals surface area (Å²) < 4.78 is 19.1. The molecule has 2 N–H and O–H groups in total. The van der Waals surface area contributed by atoms with Gasteiger partial charge in [0.05, 0.1) is 5.69 Å². The fourth-order valence-electron chi connectivity index (χ4n) is 2.90. The van der Waals surface area contributed by atoms with Crippen molar-refractivity contribution in [1.29, 1.82) is 0 Å². The minimum absolute atomic E-state index is 0.131. The Morgan fingerprint density at radius 3 is 2.33 bits per heavy atom. The van der Waals surface area contributed by atoms with Crippen LogP contribution in [0.25, 0.3) is 11.1 Å². The van der Waals surface area contributed by atoms with Gasteiger partial charge in [0.2, 0.25) is 0 Å². The second-order valence-corrected chi connectivity index (χ2v) is 7.60. The SMILES string of the molecule is CC(C)(C)OC(=O)N1CCN(c2ccc(-c3ccc(N)c(F)c3)cn2)CC1. The Labute approximate surface area is 158 Å². The van der Waals surface area contributed by atoms with Crippen LogP contribution in [0.3, 0.4) is 0 Å². The van der Waals surface area contributed by atoms with Crippen molar-refractivity contribution in [2.24, 2.45) is 0 Å². The Kier molecular flexibility index (Phi) is 5.21. The van der Waals surface area contributed by atoms with E-state index < -0.39 is 11.4 Å². The molecule has 1 fully saturated rings. The summed E-state index contributed by atoms with van der Waals surface area (Å²) in [5.41, 5.74) is 6.71. The normalized spacial score (nSPS) is 15.0. The Hall–Kier alpha value is -2.83. The molecule has 0 bridgehead atoms. The van der Waals surface area contributed by atoms with Crippen LogP contribution in [0.15, 0.2) is 36.5 Å². The van der Waals surface area contributed by atoms with Crippen LogP contribution in [0.1, 0.15) is 20.8 Å². The van der Waals surface area contributed by atoms with Crippen molar-refractivity contribution < 1.29 is 13.9 Å². The number of nitrogens with two attached hydrogens (primary N) is 1. The number of nitrogen functional groups attached to an aromatic ring is 1. The highest BCUT2D eigenvalue weighted by Gasteiger charge is 2.26. The van der Waals surface area contributed by atoms with Gasteiger partial charge < -0.3 is 20.3 Å². The van der Waals surface area contributed by atoms with Crippen molar-refractivity contribution >= 4 is 17.6 Å². The molecule has 1 aromatic carbocycles. The number of ether oxygens (including phenoxy) is 1. The van der Waals surface area contributed by atoms with E-state index in [1.54, 1.807) is 23.2 Å². The Morgan fingerprint density at radius 2 is 1.78 bits per heavy atom. The second kappa shape index (κ2) is 7.42. The number of anilines is 2. The molecule has 0 unspecified atom stereocenters. The maximum absolute atomic E-state index is 13.6. The lowest BCUT2D eigenvalue weighted by Crippen LogP contribution is -2.50. The molecule has 0 aliphatic carbocycles. The maximum Gasteiger partial charge on any atom is 0.410 e. The summed E-state index contributed by atoms with van der Waals surface area (Å²) in [5.74, 6) is 0.397. The number of hydrogen-bond acceptors (Lipinski definition) is 5. The molecule has 0 saturated carbocycles. The zero-order valence-corrected chi connectivity index (χ0v) is 15.9. The molecule has 3 rings (SSSR count). The van der Waals surface area contributed by atoms with Crippen LogP contribution in [0.4, 0.5) is 20.7 Å². The van der Waals surface area contributed by atoms with Gasteiger partial charge in [-0.3, -0.25) is 0 Å². The van der Waals surface area contributed by atoms with Crippen molar-refractivity contribution in [1.82, 2.24) is 9.88 Å². The molecule has 2 heterocycles. The monoisotopic (exact) mass is 372 g/mol. The summed E-state index contributed by atoms with van der Waals surface area (Å²) in [6.45, 7) is 8.12. The number of piperazine rings is 1. The molecule has 6 nitrogen and oxygen atoms in total. The molecule has 1 aliphatic rings. The van der Waals surface area contributed by atoms with Crippen molar-refractivity contribution in [3.05, 3.63) is 42.3 Å². The Bertz CT molecular complexity index is 810. The van der Waals surface area contributed by atoms with Gasteiger partial charge in [-0.15, -0.1) is 0 Å². The van der Waals surface area contributed by atoms with E-state index in [4.69, 9.17) is 10.5 Å². The Balaban J connectivity index is 1.62. The van der Waals surface area contributed by atoms with Gasteiger partial charge in [-0.05, 0) is 50.6 Å². The number of nitrogens with zero attached hydrogens (tertiary/aromatic N) is 3. The van der Waals surface area contributed by atoms with Gasteiger partial charge in [0.1, 0.15) is 17.2 Å². The molecule has 7 heteroatoms. The largest absolute Gasteiger partial charge is 0.444 e. The highest BCUT2D eigenvalue weighted by Crippen LogP contribution is 2.24. The molecule has 1 amide bonds. The minimum Gasteiger partial charge on any atom is -0.444 e. The number of benzene rings is 1. The molecular formula is C20H25FN4O2. The number of rotatable bonds is 2. The lowest BCUT2D eigenvalue weighted by atomic mass is 10.1. The molecular weight excluding hydrogens is 347 g/mol. The van der Waals surface area contributed by atoms with Gasteiger partial charge in [0.15, 0.2) is 0 Å². The van der Waals surface area contributed by atoms with Crippen LogP contribution in [0.2, 0.25) is 0 Å². The molecule has 1 aromatic heterocycles. The summed E-state index contributed by atoms with van der Waals surface area (Å²) in [7, 11) is 0. The summed E-state index contributed by atoms with van der Waals surface area (Å²) in [5, 5.41) is 0. The van der Waals surface area contributed by atoms with Crippen LogP contribution in [0.5, 0.6) is 0 Å². The van der Waals surface area contributed by atoms with E-state index >= 15 is 0 Å². The number of carbonyl (C=O) groups is 1. The van der Waals surface area contributed by atoms with Gasteiger partial charge in [-0.2, -0.15) is 0 Å². The third-order valence-corrected chi connectivity index (χ3v) is 4.34.